The molecule has 0 spiro atoms. The first-order valence-corrected chi connectivity index (χ1v) is 22.4. The molecule has 0 aliphatic rings. The minimum absolute atomic E-state index is 0.648. The molecule has 4 nitrogen and oxygen atoms in total. The van der Waals surface area contributed by atoms with Gasteiger partial charge in [0.25, 0.3) is 0 Å². The van der Waals surface area contributed by atoms with Crippen LogP contribution >= 0.6 is 11.3 Å². The molecule has 0 bridgehead atoms. The molecular weight excluding hydrogens is 797 g/mol. The number of hydrogen-bond donors (Lipinski definition) is 0. The van der Waals surface area contributed by atoms with E-state index in [0.29, 0.717) is 17.5 Å². The van der Waals surface area contributed by atoms with Crippen molar-refractivity contribution in [3.05, 3.63) is 218 Å². The maximum atomic E-state index is 5.08. The molecule has 298 valence electrons. The fraction of sp³-hybridized carbons (Fsp3) is 0. The molecular formula is C59H36N4S. The Morgan fingerprint density at radius 1 is 0.312 bits per heavy atom. The van der Waals surface area contributed by atoms with Crippen LogP contribution in [0, 0.1) is 0 Å². The first kappa shape index (κ1) is 36.4. The molecule has 0 saturated heterocycles. The quantitative estimate of drug-likeness (QED) is 0.168. The number of fused-ring (bicyclic) bond motifs is 10. The number of nitrogens with zero attached hydrogens (tertiary/aromatic N) is 4. The Labute approximate surface area is 373 Å². The molecule has 0 unspecified atom stereocenters. The van der Waals surface area contributed by atoms with Crippen LogP contribution in [0.4, 0.5) is 0 Å². The van der Waals surface area contributed by atoms with Gasteiger partial charge in [-0.25, -0.2) is 15.0 Å². The molecule has 0 atom stereocenters. The Hall–Kier alpha value is -8.25. The van der Waals surface area contributed by atoms with Crippen molar-refractivity contribution in [2.45, 2.75) is 0 Å². The lowest BCUT2D eigenvalue weighted by Crippen LogP contribution is -1.99. The molecule has 0 aliphatic heterocycles. The Bertz CT molecular complexity index is 3740. The highest BCUT2D eigenvalue weighted by atomic mass is 32.1. The van der Waals surface area contributed by atoms with Crippen molar-refractivity contribution >= 4 is 74.9 Å². The van der Waals surface area contributed by atoms with Gasteiger partial charge < -0.3 is 4.57 Å². The van der Waals surface area contributed by atoms with Crippen LogP contribution in [0.1, 0.15) is 0 Å². The summed E-state index contributed by atoms with van der Waals surface area (Å²) in [5.74, 6) is 1.95. The molecule has 13 rings (SSSR count). The van der Waals surface area contributed by atoms with Gasteiger partial charge in [0.1, 0.15) is 0 Å². The van der Waals surface area contributed by atoms with Crippen molar-refractivity contribution in [3.63, 3.8) is 0 Å². The van der Waals surface area contributed by atoms with Crippen molar-refractivity contribution in [1.29, 1.82) is 0 Å². The summed E-state index contributed by atoms with van der Waals surface area (Å²) >= 11 is 1.83. The minimum Gasteiger partial charge on any atom is -0.308 e. The van der Waals surface area contributed by atoms with Crippen LogP contribution in [-0.4, -0.2) is 19.5 Å². The molecule has 5 heteroatoms. The molecule has 0 N–H and O–H groups in total. The number of aromatic nitrogens is 4. The highest BCUT2D eigenvalue weighted by Gasteiger charge is 2.24. The summed E-state index contributed by atoms with van der Waals surface area (Å²) in [5, 5.41) is 9.93. The van der Waals surface area contributed by atoms with Crippen LogP contribution in [0.3, 0.4) is 0 Å². The second-order valence-corrected chi connectivity index (χ2v) is 17.4. The zero-order valence-electron chi connectivity index (χ0n) is 34.5. The fourth-order valence-electron chi connectivity index (χ4n) is 9.74. The van der Waals surface area contributed by atoms with Crippen LogP contribution in [0.5, 0.6) is 0 Å². The second-order valence-electron chi connectivity index (χ2n) is 16.3. The lowest BCUT2D eigenvalue weighted by Gasteiger charge is -2.13. The van der Waals surface area contributed by atoms with Gasteiger partial charge in [-0.3, -0.25) is 0 Å². The van der Waals surface area contributed by atoms with Crippen LogP contribution in [0.2, 0.25) is 0 Å². The lowest BCUT2D eigenvalue weighted by atomic mass is 9.92. The van der Waals surface area contributed by atoms with Crippen molar-refractivity contribution in [1.82, 2.24) is 19.5 Å². The molecule has 3 heterocycles. The van der Waals surface area contributed by atoms with Gasteiger partial charge in [-0.15, -0.1) is 11.3 Å². The van der Waals surface area contributed by atoms with E-state index in [1.807, 2.05) is 47.7 Å². The van der Waals surface area contributed by atoms with Gasteiger partial charge in [0.2, 0.25) is 0 Å². The van der Waals surface area contributed by atoms with Crippen molar-refractivity contribution in [3.8, 4) is 62.1 Å². The van der Waals surface area contributed by atoms with E-state index in [-0.39, 0.29) is 0 Å². The third-order valence-corrected chi connectivity index (χ3v) is 13.8. The van der Waals surface area contributed by atoms with Crippen molar-refractivity contribution < 1.29 is 0 Å². The zero-order chi connectivity index (χ0) is 42.1. The SMILES string of the molecule is c1ccc(-c2nc(-c3ccccc3)nc(-c3ccc4c(c3)sc3c(-n5c6cc(-c7ccccc7)c7ccccc7c6c6c7ccccc7c(-c7ccccc7)cc65)cccc34)n2)cc1. The van der Waals surface area contributed by atoms with Gasteiger partial charge in [0.15, 0.2) is 17.5 Å². The summed E-state index contributed by atoms with van der Waals surface area (Å²) in [6.45, 7) is 0. The van der Waals surface area contributed by atoms with E-state index in [4.69, 9.17) is 15.0 Å². The topological polar surface area (TPSA) is 43.6 Å². The summed E-state index contributed by atoms with van der Waals surface area (Å²) in [6.07, 6.45) is 0. The first-order chi connectivity index (χ1) is 31.7. The lowest BCUT2D eigenvalue weighted by molar-refractivity contribution is 1.07. The number of rotatable bonds is 6. The summed E-state index contributed by atoms with van der Waals surface area (Å²) in [4.78, 5) is 15.1. The van der Waals surface area contributed by atoms with Gasteiger partial charge in [0, 0.05) is 42.9 Å². The maximum Gasteiger partial charge on any atom is 0.164 e. The van der Waals surface area contributed by atoms with E-state index < -0.39 is 0 Å². The van der Waals surface area contributed by atoms with E-state index in [1.165, 1.54) is 85.8 Å². The Morgan fingerprint density at radius 2 is 0.734 bits per heavy atom. The van der Waals surface area contributed by atoms with Crippen molar-refractivity contribution in [2.75, 3.05) is 0 Å². The molecule has 10 aromatic carbocycles. The third-order valence-electron chi connectivity index (χ3n) is 12.6. The summed E-state index contributed by atoms with van der Waals surface area (Å²) < 4.78 is 4.95. The van der Waals surface area contributed by atoms with E-state index in [1.54, 1.807) is 0 Å². The van der Waals surface area contributed by atoms with Gasteiger partial charge in [0.05, 0.1) is 21.4 Å². The summed E-state index contributed by atoms with van der Waals surface area (Å²) in [6, 6.07) is 78.2. The van der Waals surface area contributed by atoms with Crippen LogP contribution < -0.4 is 0 Å². The first-order valence-electron chi connectivity index (χ1n) is 21.6. The molecule has 0 radical (unpaired) electrons. The third kappa shape index (κ3) is 5.79. The molecule has 0 aliphatic carbocycles. The van der Waals surface area contributed by atoms with Crippen LogP contribution in [-0.2, 0) is 0 Å². The highest BCUT2D eigenvalue weighted by molar-refractivity contribution is 7.26. The van der Waals surface area contributed by atoms with Gasteiger partial charge in [-0.2, -0.15) is 0 Å². The van der Waals surface area contributed by atoms with Crippen molar-refractivity contribution in [2.24, 2.45) is 0 Å². The van der Waals surface area contributed by atoms with Gasteiger partial charge in [-0.1, -0.05) is 194 Å². The molecule has 3 aromatic heterocycles. The minimum atomic E-state index is 0.648. The van der Waals surface area contributed by atoms with Gasteiger partial charge >= 0.3 is 0 Å². The molecule has 64 heavy (non-hydrogen) atoms. The maximum absolute atomic E-state index is 5.08. The predicted octanol–water partition coefficient (Wildman–Crippen LogP) is 16.0. The normalized spacial score (nSPS) is 11.8. The number of benzene rings is 10. The average molecular weight is 833 g/mol. The predicted molar refractivity (Wildman–Crippen MR) is 269 cm³/mol. The molecule has 0 fully saturated rings. The Balaban J connectivity index is 1.10. The highest BCUT2D eigenvalue weighted by Crippen LogP contribution is 2.48. The summed E-state index contributed by atoms with van der Waals surface area (Å²) in [5.41, 5.74) is 11.2. The van der Waals surface area contributed by atoms with E-state index in [0.717, 1.165) is 22.4 Å². The molecule has 13 aromatic rings. The fourth-order valence-corrected chi connectivity index (χ4v) is 11.0. The summed E-state index contributed by atoms with van der Waals surface area (Å²) in [7, 11) is 0. The van der Waals surface area contributed by atoms with Crippen LogP contribution in [0.25, 0.3) is 126 Å². The number of hydrogen-bond acceptors (Lipinski definition) is 4. The van der Waals surface area contributed by atoms with Gasteiger partial charge in [-0.05, 0) is 68.1 Å². The van der Waals surface area contributed by atoms with E-state index in [2.05, 4.69) is 187 Å². The Kier molecular flexibility index (Phi) is 8.36. The number of thiophene rings is 1. The standard InChI is InChI=1S/C59H36N4S/c1-5-18-37(19-6-1)48-35-51-54(45-28-15-13-26-42(45)48)55-46-29-16-14-27-43(46)49(38-20-7-2-8-21-38)36-52(55)63(51)50-31-17-30-47-44-33-32-41(34-53(44)64-56(47)50)59-61-57(39-22-9-3-10-23-39)60-58(62-59)40-24-11-4-12-25-40/h1-36H. The van der Waals surface area contributed by atoms with E-state index in [9.17, 15) is 0 Å². The average Bonchev–Trinajstić information content (AvgIpc) is 3.92. The zero-order valence-corrected chi connectivity index (χ0v) is 35.3. The molecule has 0 amide bonds. The van der Waals surface area contributed by atoms with Crippen LogP contribution in [0.15, 0.2) is 218 Å². The smallest absolute Gasteiger partial charge is 0.164 e. The molecule has 0 saturated carbocycles. The largest absolute Gasteiger partial charge is 0.308 e. The Morgan fingerprint density at radius 3 is 1.23 bits per heavy atom. The van der Waals surface area contributed by atoms with E-state index >= 15 is 0 Å². The second kappa shape index (κ2) is 14.7. The monoisotopic (exact) mass is 832 g/mol.